The molecule has 2 aliphatic rings. The van der Waals surface area contributed by atoms with Gasteiger partial charge in [-0.05, 0) is 37.5 Å². The van der Waals surface area contributed by atoms with E-state index in [9.17, 15) is 9.59 Å². The van der Waals surface area contributed by atoms with Crippen molar-refractivity contribution in [2.24, 2.45) is 0 Å². The maximum absolute atomic E-state index is 12.4. The van der Waals surface area contributed by atoms with E-state index in [1.165, 1.54) is 25.7 Å². The fourth-order valence-electron chi connectivity index (χ4n) is 3.37. The fourth-order valence-corrected chi connectivity index (χ4v) is 3.37. The second kappa shape index (κ2) is 7.02. The summed E-state index contributed by atoms with van der Waals surface area (Å²) in [7, 11) is 0. The highest BCUT2D eigenvalue weighted by Crippen LogP contribution is 2.32. The van der Waals surface area contributed by atoms with Crippen LogP contribution in [0.3, 0.4) is 0 Å². The molecule has 0 bridgehead atoms. The standard InChI is InChI=1S/C18H24N2O3/c1-13-8-9-15-16(10-13)23-18(22)12-20(15)11-17(21)19-14-6-4-2-3-5-7-14/h8-10,14H,2-7,11-12H2,1H3,(H,19,21). The van der Waals surface area contributed by atoms with Crippen molar-refractivity contribution in [2.75, 3.05) is 18.0 Å². The predicted molar refractivity (Wildman–Crippen MR) is 88.7 cm³/mol. The highest BCUT2D eigenvalue weighted by Gasteiger charge is 2.26. The zero-order valence-electron chi connectivity index (χ0n) is 13.6. The van der Waals surface area contributed by atoms with E-state index in [0.29, 0.717) is 5.75 Å². The summed E-state index contributed by atoms with van der Waals surface area (Å²) in [5.74, 6) is 0.215. The van der Waals surface area contributed by atoms with Crippen LogP contribution < -0.4 is 15.0 Å². The van der Waals surface area contributed by atoms with E-state index in [0.717, 1.165) is 24.1 Å². The second-order valence-electron chi connectivity index (χ2n) is 6.56. The van der Waals surface area contributed by atoms with E-state index in [1.54, 1.807) is 4.90 Å². The van der Waals surface area contributed by atoms with Crippen LogP contribution in [0, 0.1) is 6.92 Å². The van der Waals surface area contributed by atoms with Gasteiger partial charge in [0.25, 0.3) is 0 Å². The third-order valence-corrected chi connectivity index (χ3v) is 4.55. The Hall–Kier alpha value is -2.04. The number of nitrogens with zero attached hydrogens (tertiary/aromatic N) is 1. The largest absolute Gasteiger partial charge is 0.423 e. The van der Waals surface area contributed by atoms with Crippen LogP contribution in [-0.4, -0.2) is 31.0 Å². The van der Waals surface area contributed by atoms with Crippen LogP contribution in [0.1, 0.15) is 44.1 Å². The molecular weight excluding hydrogens is 292 g/mol. The number of carbonyl (C=O) groups excluding carboxylic acids is 2. The Labute approximate surface area is 137 Å². The fraction of sp³-hybridized carbons (Fsp3) is 0.556. The maximum Gasteiger partial charge on any atom is 0.331 e. The number of ether oxygens (including phenoxy) is 1. The second-order valence-corrected chi connectivity index (χ2v) is 6.56. The average Bonchev–Trinajstić information content (AvgIpc) is 2.75. The molecule has 5 heteroatoms. The minimum absolute atomic E-state index is 0.0156. The van der Waals surface area contributed by atoms with Crippen LogP contribution >= 0.6 is 0 Å². The normalized spacial score (nSPS) is 18.8. The molecule has 0 spiro atoms. The van der Waals surface area contributed by atoms with Gasteiger partial charge in [0.1, 0.15) is 6.54 Å². The molecule has 0 aromatic heterocycles. The molecule has 0 unspecified atom stereocenters. The topological polar surface area (TPSA) is 58.6 Å². The zero-order chi connectivity index (χ0) is 16.2. The summed E-state index contributed by atoms with van der Waals surface area (Å²) >= 11 is 0. The van der Waals surface area contributed by atoms with Gasteiger partial charge in [-0.15, -0.1) is 0 Å². The van der Waals surface area contributed by atoms with Crippen molar-refractivity contribution in [2.45, 2.75) is 51.5 Å². The molecule has 1 N–H and O–H groups in total. The van der Waals surface area contributed by atoms with E-state index in [2.05, 4.69) is 5.32 Å². The molecular formula is C18H24N2O3. The Kier molecular flexibility index (Phi) is 4.84. The number of hydrogen-bond acceptors (Lipinski definition) is 4. The quantitative estimate of drug-likeness (QED) is 0.529. The van der Waals surface area contributed by atoms with Gasteiger partial charge in [0.05, 0.1) is 12.2 Å². The number of hydrogen-bond donors (Lipinski definition) is 1. The van der Waals surface area contributed by atoms with E-state index in [1.807, 2.05) is 25.1 Å². The highest BCUT2D eigenvalue weighted by molar-refractivity contribution is 5.89. The summed E-state index contributed by atoms with van der Waals surface area (Å²) in [6, 6.07) is 5.99. The summed E-state index contributed by atoms with van der Waals surface area (Å²) in [5.41, 5.74) is 1.84. The smallest absolute Gasteiger partial charge is 0.331 e. The average molecular weight is 316 g/mol. The van der Waals surface area contributed by atoms with Gasteiger partial charge in [0.15, 0.2) is 5.75 Å². The monoisotopic (exact) mass is 316 g/mol. The number of benzene rings is 1. The van der Waals surface area contributed by atoms with E-state index < -0.39 is 0 Å². The predicted octanol–water partition coefficient (Wildman–Crippen LogP) is 2.56. The van der Waals surface area contributed by atoms with Gasteiger partial charge in [-0.25, -0.2) is 4.79 Å². The Morgan fingerprint density at radius 1 is 1.26 bits per heavy atom. The zero-order valence-corrected chi connectivity index (χ0v) is 13.6. The lowest BCUT2D eigenvalue weighted by atomic mass is 10.1. The Balaban J connectivity index is 1.65. The molecule has 5 nitrogen and oxygen atoms in total. The van der Waals surface area contributed by atoms with Crippen LogP contribution in [0.15, 0.2) is 18.2 Å². The first-order valence-corrected chi connectivity index (χ1v) is 8.47. The Morgan fingerprint density at radius 2 is 2.00 bits per heavy atom. The van der Waals surface area contributed by atoms with Crippen LogP contribution in [0.4, 0.5) is 5.69 Å². The Bertz CT molecular complexity index is 592. The highest BCUT2D eigenvalue weighted by atomic mass is 16.5. The van der Waals surface area contributed by atoms with Crippen molar-refractivity contribution in [1.29, 1.82) is 0 Å². The summed E-state index contributed by atoms with van der Waals surface area (Å²) in [4.78, 5) is 25.9. The Morgan fingerprint density at radius 3 is 2.74 bits per heavy atom. The van der Waals surface area contributed by atoms with Crippen LogP contribution in [0.2, 0.25) is 0 Å². The first-order chi connectivity index (χ1) is 11.1. The number of anilines is 1. The third kappa shape index (κ3) is 4.03. The van der Waals surface area contributed by atoms with Crippen LogP contribution in [0.25, 0.3) is 0 Å². The lowest BCUT2D eigenvalue weighted by Crippen LogP contribution is -2.45. The number of amides is 1. The lowest BCUT2D eigenvalue weighted by molar-refractivity contribution is -0.133. The van der Waals surface area contributed by atoms with Gasteiger partial charge in [0, 0.05) is 6.04 Å². The van der Waals surface area contributed by atoms with E-state index >= 15 is 0 Å². The van der Waals surface area contributed by atoms with Crippen molar-refractivity contribution < 1.29 is 14.3 Å². The molecule has 124 valence electrons. The van der Waals surface area contributed by atoms with E-state index in [4.69, 9.17) is 4.74 Å². The SMILES string of the molecule is Cc1ccc2c(c1)OC(=O)CN2CC(=O)NC1CCCCCC1. The molecule has 1 heterocycles. The van der Waals surface area contributed by atoms with Crippen LogP contribution in [-0.2, 0) is 9.59 Å². The molecule has 1 aromatic carbocycles. The minimum Gasteiger partial charge on any atom is -0.423 e. The maximum atomic E-state index is 12.4. The van der Waals surface area contributed by atoms with Gasteiger partial charge >= 0.3 is 5.97 Å². The number of aryl methyl sites for hydroxylation is 1. The molecule has 1 fully saturated rings. The van der Waals surface area contributed by atoms with Crippen molar-refractivity contribution in [3.63, 3.8) is 0 Å². The first kappa shape index (κ1) is 15.8. The molecule has 1 amide bonds. The van der Waals surface area contributed by atoms with Gasteiger partial charge in [-0.3, -0.25) is 4.79 Å². The van der Waals surface area contributed by atoms with Crippen molar-refractivity contribution >= 4 is 17.6 Å². The molecule has 1 aliphatic carbocycles. The minimum atomic E-state index is -0.314. The van der Waals surface area contributed by atoms with Gasteiger partial charge in [-0.1, -0.05) is 31.7 Å². The summed E-state index contributed by atoms with van der Waals surface area (Å²) < 4.78 is 5.28. The summed E-state index contributed by atoms with van der Waals surface area (Å²) in [6.45, 7) is 2.27. The molecule has 1 aliphatic heterocycles. The van der Waals surface area contributed by atoms with Crippen molar-refractivity contribution in [3.8, 4) is 5.75 Å². The molecule has 1 aromatic rings. The third-order valence-electron chi connectivity index (χ3n) is 4.55. The summed E-state index contributed by atoms with van der Waals surface area (Å²) in [5, 5.41) is 3.13. The van der Waals surface area contributed by atoms with Gasteiger partial charge < -0.3 is 15.0 Å². The molecule has 1 saturated carbocycles. The molecule has 0 saturated heterocycles. The molecule has 3 rings (SSSR count). The molecule has 0 radical (unpaired) electrons. The molecule has 23 heavy (non-hydrogen) atoms. The van der Waals surface area contributed by atoms with Crippen LogP contribution in [0.5, 0.6) is 5.75 Å². The summed E-state index contributed by atoms with van der Waals surface area (Å²) in [6.07, 6.45) is 7.01. The number of nitrogens with one attached hydrogen (secondary N) is 1. The number of carbonyl (C=O) groups is 2. The lowest BCUT2D eigenvalue weighted by Gasteiger charge is -2.30. The van der Waals surface area contributed by atoms with Gasteiger partial charge in [-0.2, -0.15) is 0 Å². The molecule has 0 atom stereocenters. The first-order valence-electron chi connectivity index (χ1n) is 8.47. The van der Waals surface area contributed by atoms with Crippen molar-refractivity contribution in [3.05, 3.63) is 23.8 Å². The number of fused-ring (bicyclic) bond motifs is 1. The number of rotatable bonds is 3. The van der Waals surface area contributed by atoms with Gasteiger partial charge in [0.2, 0.25) is 5.91 Å². The number of esters is 1. The van der Waals surface area contributed by atoms with E-state index in [-0.39, 0.29) is 31.0 Å². The van der Waals surface area contributed by atoms with Crippen molar-refractivity contribution in [1.82, 2.24) is 5.32 Å².